The first-order chi connectivity index (χ1) is 9.90. The fourth-order valence-corrected chi connectivity index (χ4v) is 3.54. The number of rotatable bonds is 3. The van der Waals surface area contributed by atoms with Crippen LogP contribution in [0.5, 0.6) is 0 Å². The highest BCUT2D eigenvalue weighted by molar-refractivity contribution is 5.85. The van der Waals surface area contributed by atoms with Crippen molar-refractivity contribution in [2.45, 2.75) is 84.0 Å². The molecule has 0 aromatic heterocycles. The maximum absolute atomic E-state index is 12.6. The van der Waals surface area contributed by atoms with Crippen molar-refractivity contribution in [1.82, 2.24) is 4.90 Å². The lowest BCUT2D eigenvalue weighted by Crippen LogP contribution is -2.55. The van der Waals surface area contributed by atoms with Crippen molar-refractivity contribution in [3.63, 3.8) is 0 Å². The van der Waals surface area contributed by atoms with Gasteiger partial charge in [-0.3, -0.25) is 4.79 Å². The fraction of sp³-hybridized carbons (Fsp3) is 0.941. The van der Waals surface area contributed by atoms with Gasteiger partial charge in [0.15, 0.2) is 0 Å². The molecule has 0 radical (unpaired) electrons. The normalized spacial score (nSPS) is 27.6. The molecule has 1 aliphatic heterocycles. The third-order valence-corrected chi connectivity index (χ3v) is 5.17. The summed E-state index contributed by atoms with van der Waals surface area (Å²) in [4.78, 5) is 14.6. The molecule has 4 nitrogen and oxygen atoms in total. The van der Waals surface area contributed by atoms with Gasteiger partial charge in [-0.25, -0.2) is 0 Å². The summed E-state index contributed by atoms with van der Waals surface area (Å²) in [7, 11) is 0. The second kappa shape index (κ2) is 8.51. The molecule has 2 N–H and O–H groups in total. The predicted octanol–water partition coefficient (Wildman–Crippen LogP) is 3.12. The van der Waals surface area contributed by atoms with Gasteiger partial charge < -0.3 is 15.4 Å². The lowest BCUT2D eigenvalue weighted by atomic mass is 9.79. The van der Waals surface area contributed by atoms with Crippen LogP contribution in [0.4, 0.5) is 0 Å². The Balaban J connectivity index is 0.00000242. The average Bonchev–Trinajstić information content (AvgIpc) is 2.69. The summed E-state index contributed by atoms with van der Waals surface area (Å²) in [6.45, 7) is 7.71. The summed E-state index contributed by atoms with van der Waals surface area (Å²) in [5.74, 6) is 0.138. The van der Waals surface area contributed by atoms with E-state index in [4.69, 9.17) is 10.5 Å². The van der Waals surface area contributed by atoms with Gasteiger partial charge in [0.05, 0.1) is 6.10 Å². The lowest BCUT2D eigenvalue weighted by Gasteiger charge is -2.43. The van der Waals surface area contributed by atoms with Crippen LogP contribution in [0.15, 0.2) is 0 Å². The van der Waals surface area contributed by atoms with Crippen molar-refractivity contribution in [3.05, 3.63) is 0 Å². The van der Waals surface area contributed by atoms with E-state index in [0.717, 1.165) is 32.4 Å². The van der Waals surface area contributed by atoms with Gasteiger partial charge in [0, 0.05) is 19.1 Å². The zero-order valence-corrected chi connectivity index (χ0v) is 15.2. The SMILES string of the molecule is CC(OC1CCCCCC1)C(=O)N1CCC(N)C(C)(C)C1.Cl. The van der Waals surface area contributed by atoms with Gasteiger partial charge in [0.1, 0.15) is 6.10 Å². The van der Waals surface area contributed by atoms with Crippen molar-refractivity contribution in [2.24, 2.45) is 11.1 Å². The van der Waals surface area contributed by atoms with E-state index in [1.807, 2.05) is 11.8 Å². The van der Waals surface area contributed by atoms with Gasteiger partial charge in [-0.15, -0.1) is 12.4 Å². The van der Waals surface area contributed by atoms with E-state index in [2.05, 4.69) is 13.8 Å². The number of piperidine rings is 1. The number of amides is 1. The Morgan fingerprint density at radius 3 is 2.32 bits per heavy atom. The number of hydrogen-bond acceptors (Lipinski definition) is 3. The van der Waals surface area contributed by atoms with E-state index < -0.39 is 0 Å². The van der Waals surface area contributed by atoms with Gasteiger partial charge in [-0.2, -0.15) is 0 Å². The summed E-state index contributed by atoms with van der Waals surface area (Å²) in [6, 6.07) is 0.180. The first kappa shape index (κ1) is 19.7. The van der Waals surface area contributed by atoms with Crippen LogP contribution in [0, 0.1) is 5.41 Å². The van der Waals surface area contributed by atoms with Crippen molar-refractivity contribution in [3.8, 4) is 0 Å². The molecule has 1 heterocycles. The Morgan fingerprint density at radius 1 is 1.18 bits per heavy atom. The minimum atomic E-state index is -0.321. The van der Waals surface area contributed by atoms with Crippen LogP contribution in [0.1, 0.15) is 65.7 Å². The molecule has 0 aromatic rings. The molecule has 2 aliphatic rings. The fourth-order valence-electron chi connectivity index (χ4n) is 3.54. The Kier molecular flexibility index (Phi) is 7.63. The maximum atomic E-state index is 12.6. The minimum Gasteiger partial charge on any atom is -0.365 e. The Morgan fingerprint density at radius 2 is 1.77 bits per heavy atom. The highest BCUT2D eigenvalue weighted by atomic mass is 35.5. The number of ether oxygens (including phenoxy) is 1. The topological polar surface area (TPSA) is 55.6 Å². The average molecular weight is 333 g/mol. The van der Waals surface area contributed by atoms with Crippen molar-refractivity contribution < 1.29 is 9.53 Å². The standard InChI is InChI=1S/C17H32N2O2.ClH/c1-13(21-14-8-6-4-5-7-9-14)16(20)19-11-10-15(18)17(2,3)12-19;/h13-15H,4-12,18H2,1-3H3;1H. The van der Waals surface area contributed by atoms with Crippen LogP contribution < -0.4 is 5.73 Å². The molecule has 5 heteroatoms. The predicted molar refractivity (Wildman–Crippen MR) is 92.2 cm³/mol. The van der Waals surface area contributed by atoms with Gasteiger partial charge in [0.25, 0.3) is 5.91 Å². The molecule has 1 aliphatic carbocycles. The van der Waals surface area contributed by atoms with Crippen LogP contribution >= 0.6 is 12.4 Å². The Labute approximate surface area is 141 Å². The molecule has 1 saturated heterocycles. The minimum absolute atomic E-state index is 0. The number of halogens is 1. The van der Waals surface area contributed by atoms with Crippen molar-refractivity contribution >= 4 is 18.3 Å². The van der Waals surface area contributed by atoms with E-state index in [1.54, 1.807) is 0 Å². The summed E-state index contributed by atoms with van der Waals surface area (Å²) >= 11 is 0. The first-order valence-corrected chi connectivity index (χ1v) is 8.60. The van der Waals surface area contributed by atoms with E-state index >= 15 is 0 Å². The van der Waals surface area contributed by atoms with Crippen molar-refractivity contribution in [2.75, 3.05) is 13.1 Å². The Hall–Kier alpha value is -0.320. The van der Waals surface area contributed by atoms with Gasteiger partial charge in [0.2, 0.25) is 0 Å². The molecule has 0 aromatic carbocycles. The highest BCUT2D eigenvalue weighted by Gasteiger charge is 2.37. The molecule has 2 rings (SSSR count). The van der Waals surface area contributed by atoms with E-state index in [0.29, 0.717) is 0 Å². The molecular weight excluding hydrogens is 300 g/mol. The maximum Gasteiger partial charge on any atom is 0.251 e. The number of carbonyl (C=O) groups excluding carboxylic acids is 1. The number of hydrogen-bond donors (Lipinski definition) is 1. The second-order valence-electron chi connectivity index (χ2n) is 7.54. The first-order valence-electron chi connectivity index (χ1n) is 8.60. The van der Waals surface area contributed by atoms with E-state index in [9.17, 15) is 4.79 Å². The van der Waals surface area contributed by atoms with Crippen LogP contribution in [0.2, 0.25) is 0 Å². The zero-order chi connectivity index (χ0) is 15.5. The summed E-state index contributed by atoms with van der Waals surface area (Å²) in [5.41, 5.74) is 6.14. The summed E-state index contributed by atoms with van der Waals surface area (Å²) < 4.78 is 6.06. The van der Waals surface area contributed by atoms with Gasteiger partial charge in [-0.1, -0.05) is 39.5 Å². The molecule has 22 heavy (non-hydrogen) atoms. The molecule has 2 unspecified atom stereocenters. The molecule has 2 atom stereocenters. The van der Waals surface area contributed by atoms with E-state index in [-0.39, 0.29) is 42.0 Å². The quantitative estimate of drug-likeness (QED) is 0.808. The number of carbonyl (C=O) groups is 1. The van der Waals surface area contributed by atoms with Gasteiger partial charge >= 0.3 is 0 Å². The molecule has 1 amide bonds. The van der Waals surface area contributed by atoms with Crippen molar-refractivity contribution in [1.29, 1.82) is 0 Å². The monoisotopic (exact) mass is 332 g/mol. The van der Waals surface area contributed by atoms with Crippen LogP contribution in [0.3, 0.4) is 0 Å². The third kappa shape index (κ3) is 5.10. The molecule has 1 saturated carbocycles. The van der Waals surface area contributed by atoms with Gasteiger partial charge in [-0.05, 0) is 31.6 Å². The summed E-state index contributed by atoms with van der Waals surface area (Å²) in [6.07, 6.45) is 8.12. The second-order valence-corrected chi connectivity index (χ2v) is 7.54. The lowest BCUT2D eigenvalue weighted by molar-refractivity contribution is -0.150. The van der Waals surface area contributed by atoms with Crippen LogP contribution in [0.25, 0.3) is 0 Å². The largest absolute Gasteiger partial charge is 0.365 e. The Bertz CT molecular complexity index is 355. The van der Waals surface area contributed by atoms with Crippen LogP contribution in [-0.2, 0) is 9.53 Å². The third-order valence-electron chi connectivity index (χ3n) is 5.17. The van der Waals surface area contributed by atoms with E-state index in [1.165, 1.54) is 25.7 Å². The summed E-state index contributed by atoms with van der Waals surface area (Å²) in [5, 5.41) is 0. The molecular formula is C17H33ClN2O2. The molecule has 0 spiro atoms. The molecule has 2 fully saturated rings. The molecule has 0 bridgehead atoms. The number of nitrogens with zero attached hydrogens (tertiary/aromatic N) is 1. The number of nitrogens with two attached hydrogens (primary N) is 1. The van der Waals surface area contributed by atoms with Crippen LogP contribution in [-0.4, -0.2) is 42.1 Å². The highest BCUT2D eigenvalue weighted by Crippen LogP contribution is 2.28. The molecule has 130 valence electrons. The smallest absolute Gasteiger partial charge is 0.251 e. The zero-order valence-electron chi connectivity index (χ0n) is 14.3. The number of likely N-dealkylation sites (tertiary alicyclic amines) is 1.